The van der Waals surface area contributed by atoms with Gasteiger partial charge in [0, 0.05) is 17.7 Å². The van der Waals surface area contributed by atoms with E-state index in [1.54, 1.807) is 12.3 Å². The van der Waals surface area contributed by atoms with Gasteiger partial charge in [-0.25, -0.2) is 0 Å². The highest BCUT2D eigenvalue weighted by Crippen LogP contribution is 2.29. The minimum Gasteiger partial charge on any atom is -0.339 e. The average molecular weight is 480 g/mol. The molecule has 0 bridgehead atoms. The number of para-hydroxylation sites is 1. The van der Waals surface area contributed by atoms with E-state index in [1.165, 1.54) is 6.08 Å². The lowest BCUT2D eigenvalue weighted by molar-refractivity contribution is -0.117. The third-order valence-electron chi connectivity index (χ3n) is 4.00. The number of thiocarbonyl (C=S) groups is 1. The first-order valence-electron chi connectivity index (χ1n) is 8.84. The van der Waals surface area contributed by atoms with Gasteiger partial charge >= 0.3 is 0 Å². The molecule has 0 aliphatic heterocycles. The molecule has 0 spiro atoms. The van der Waals surface area contributed by atoms with Gasteiger partial charge in [0.05, 0.1) is 11.2 Å². The lowest BCUT2D eigenvalue weighted by Crippen LogP contribution is -2.55. The van der Waals surface area contributed by atoms with Crippen LogP contribution in [0.15, 0.2) is 72.9 Å². The zero-order valence-electron chi connectivity index (χ0n) is 15.5. The average Bonchev–Trinajstić information content (AvgIpc) is 2.72. The number of carbonyl (C=O) groups is 1. The van der Waals surface area contributed by atoms with Crippen molar-refractivity contribution in [3.63, 3.8) is 0 Å². The molecule has 1 amide bonds. The summed E-state index contributed by atoms with van der Waals surface area (Å²) in [5.74, 6) is -0.447. The molecule has 30 heavy (non-hydrogen) atoms. The number of carbonyl (C=O) groups excluding carboxylic acids is 1. The number of anilines is 1. The zero-order chi connectivity index (χ0) is 21.6. The summed E-state index contributed by atoms with van der Waals surface area (Å²) < 4.78 is -1.85. The van der Waals surface area contributed by atoms with Crippen LogP contribution in [0, 0.1) is 0 Å². The Labute approximate surface area is 194 Å². The lowest BCUT2D eigenvalue weighted by atomic mass is 10.2. The van der Waals surface area contributed by atoms with Crippen molar-refractivity contribution in [1.29, 1.82) is 0 Å². The van der Waals surface area contributed by atoms with Crippen LogP contribution in [0.4, 0.5) is 5.69 Å². The van der Waals surface area contributed by atoms with E-state index >= 15 is 0 Å². The number of benzene rings is 2. The van der Waals surface area contributed by atoms with Crippen LogP contribution in [0.25, 0.3) is 17.0 Å². The van der Waals surface area contributed by atoms with E-state index in [1.807, 2.05) is 60.7 Å². The summed E-state index contributed by atoms with van der Waals surface area (Å²) in [6.45, 7) is 0. The van der Waals surface area contributed by atoms with E-state index in [9.17, 15) is 4.79 Å². The molecule has 0 aliphatic rings. The van der Waals surface area contributed by atoms with Gasteiger partial charge in [0.1, 0.15) is 6.17 Å². The standard InChI is InChI=1S/C21H17Cl3N4OS/c22-21(23,24)19(27-17(29)12-11-14-6-2-1-3-7-14)28-20(30)26-16-10-4-8-15-9-5-13-25-18(15)16/h1-13,19H,(H,27,29)(H2,26,28,30)/b12-11+. The molecule has 3 N–H and O–H groups in total. The topological polar surface area (TPSA) is 66.1 Å². The van der Waals surface area contributed by atoms with Crippen molar-refractivity contribution in [2.45, 2.75) is 9.96 Å². The zero-order valence-corrected chi connectivity index (χ0v) is 18.6. The number of halogens is 3. The predicted molar refractivity (Wildman–Crippen MR) is 129 cm³/mol. The highest BCUT2D eigenvalue weighted by atomic mass is 35.6. The Kier molecular flexibility index (Phi) is 7.50. The van der Waals surface area contributed by atoms with E-state index in [-0.39, 0.29) is 5.11 Å². The van der Waals surface area contributed by atoms with Crippen molar-refractivity contribution >= 4 is 80.7 Å². The van der Waals surface area contributed by atoms with Gasteiger partial charge in [-0.2, -0.15) is 0 Å². The molecule has 1 aromatic heterocycles. The van der Waals surface area contributed by atoms with Crippen LogP contribution in [0.2, 0.25) is 0 Å². The van der Waals surface area contributed by atoms with Crippen LogP contribution < -0.4 is 16.0 Å². The molecule has 9 heteroatoms. The maximum atomic E-state index is 12.3. The SMILES string of the molecule is O=C(/C=C/c1ccccc1)NC(NC(=S)Nc1cccc2cccnc12)C(Cl)(Cl)Cl. The second kappa shape index (κ2) is 10.1. The smallest absolute Gasteiger partial charge is 0.245 e. The van der Waals surface area contributed by atoms with Gasteiger partial charge in [0.25, 0.3) is 0 Å². The van der Waals surface area contributed by atoms with Crippen molar-refractivity contribution in [3.8, 4) is 0 Å². The summed E-state index contributed by atoms with van der Waals surface area (Å²) in [7, 11) is 0. The maximum Gasteiger partial charge on any atom is 0.245 e. The van der Waals surface area contributed by atoms with Gasteiger partial charge in [-0.05, 0) is 36.0 Å². The summed E-state index contributed by atoms with van der Waals surface area (Å²) in [5.41, 5.74) is 2.29. The molecule has 2 aromatic carbocycles. The summed E-state index contributed by atoms with van der Waals surface area (Å²) >= 11 is 23.4. The van der Waals surface area contributed by atoms with Gasteiger partial charge in [0.15, 0.2) is 5.11 Å². The van der Waals surface area contributed by atoms with Crippen LogP contribution in [-0.4, -0.2) is 26.0 Å². The van der Waals surface area contributed by atoms with Crippen LogP contribution in [0.1, 0.15) is 5.56 Å². The minimum atomic E-state index is -1.85. The number of nitrogens with one attached hydrogen (secondary N) is 3. The molecule has 154 valence electrons. The van der Waals surface area contributed by atoms with Gasteiger partial charge < -0.3 is 16.0 Å². The number of alkyl halides is 3. The van der Waals surface area contributed by atoms with E-state index < -0.39 is 15.9 Å². The summed E-state index contributed by atoms with van der Waals surface area (Å²) in [6, 6.07) is 18.8. The first-order valence-corrected chi connectivity index (χ1v) is 10.4. The van der Waals surface area contributed by atoms with Crippen molar-refractivity contribution in [2.24, 2.45) is 0 Å². The maximum absolute atomic E-state index is 12.3. The Morgan fingerprint density at radius 1 is 1.00 bits per heavy atom. The fourth-order valence-electron chi connectivity index (χ4n) is 2.62. The second-order valence-electron chi connectivity index (χ2n) is 6.21. The largest absolute Gasteiger partial charge is 0.339 e. The van der Waals surface area contributed by atoms with Gasteiger partial charge in [0.2, 0.25) is 9.70 Å². The number of rotatable bonds is 5. The Balaban J connectivity index is 1.68. The van der Waals surface area contributed by atoms with Gasteiger partial charge in [-0.3, -0.25) is 9.78 Å². The van der Waals surface area contributed by atoms with E-state index in [2.05, 4.69) is 20.9 Å². The summed E-state index contributed by atoms with van der Waals surface area (Å²) in [5, 5.41) is 9.58. The molecule has 1 unspecified atom stereocenters. The molecule has 3 aromatic rings. The fourth-order valence-corrected chi connectivity index (χ4v) is 3.18. The Bertz CT molecular complexity index is 1070. The third kappa shape index (κ3) is 6.31. The van der Waals surface area contributed by atoms with Crippen LogP contribution in [0.3, 0.4) is 0 Å². The molecule has 0 fully saturated rings. The number of nitrogens with zero attached hydrogens (tertiary/aromatic N) is 1. The Morgan fingerprint density at radius 3 is 2.47 bits per heavy atom. The minimum absolute atomic E-state index is 0.164. The van der Waals surface area contributed by atoms with Crippen LogP contribution in [0.5, 0.6) is 0 Å². The van der Waals surface area contributed by atoms with Crippen molar-refractivity contribution in [3.05, 3.63) is 78.5 Å². The quantitative estimate of drug-likeness (QED) is 0.207. The first-order chi connectivity index (χ1) is 14.3. The lowest BCUT2D eigenvalue weighted by Gasteiger charge is -2.27. The number of amides is 1. The summed E-state index contributed by atoms with van der Waals surface area (Å²) in [4.78, 5) is 16.7. The Morgan fingerprint density at radius 2 is 1.73 bits per heavy atom. The van der Waals surface area contributed by atoms with Gasteiger partial charge in [-0.15, -0.1) is 0 Å². The summed E-state index contributed by atoms with van der Waals surface area (Å²) in [6.07, 6.45) is 3.63. The first kappa shape index (κ1) is 22.3. The molecule has 0 aliphatic carbocycles. The molecular weight excluding hydrogens is 463 g/mol. The van der Waals surface area contributed by atoms with Gasteiger partial charge in [-0.1, -0.05) is 83.3 Å². The van der Waals surface area contributed by atoms with E-state index in [4.69, 9.17) is 47.0 Å². The molecular formula is C21H17Cl3N4OS. The monoisotopic (exact) mass is 478 g/mol. The fraction of sp³-hybridized carbons (Fsp3) is 0.0952. The number of fused-ring (bicyclic) bond motifs is 1. The number of pyridine rings is 1. The number of aromatic nitrogens is 1. The van der Waals surface area contributed by atoms with Crippen molar-refractivity contribution in [1.82, 2.24) is 15.6 Å². The molecule has 1 heterocycles. The number of hydrogen-bond acceptors (Lipinski definition) is 3. The molecule has 1 atom stereocenters. The molecule has 0 radical (unpaired) electrons. The molecule has 3 rings (SSSR count). The second-order valence-corrected chi connectivity index (χ2v) is 8.98. The Hall–Kier alpha value is -2.38. The van der Waals surface area contributed by atoms with Crippen LogP contribution >= 0.6 is 47.0 Å². The predicted octanol–water partition coefficient (Wildman–Crippen LogP) is 5.05. The molecule has 0 saturated carbocycles. The van der Waals surface area contributed by atoms with Crippen molar-refractivity contribution in [2.75, 3.05) is 5.32 Å². The third-order valence-corrected chi connectivity index (χ3v) is 4.87. The number of hydrogen-bond donors (Lipinski definition) is 3. The van der Waals surface area contributed by atoms with E-state index in [0.29, 0.717) is 5.69 Å². The highest BCUT2D eigenvalue weighted by Gasteiger charge is 2.34. The normalized spacial score (nSPS) is 12.5. The molecule has 0 saturated heterocycles. The highest BCUT2D eigenvalue weighted by molar-refractivity contribution is 7.80. The van der Waals surface area contributed by atoms with E-state index in [0.717, 1.165) is 16.5 Å². The van der Waals surface area contributed by atoms with Crippen molar-refractivity contribution < 1.29 is 4.79 Å². The molecule has 5 nitrogen and oxygen atoms in total. The van der Waals surface area contributed by atoms with Crippen LogP contribution in [-0.2, 0) is 4.79 Å².